The van der Waals surface area contributed by atoms with Gasteiger partial charge in [0.05, 0.1) is 17.3 Å². The van der Waals surface area contributed by atoms with Crippen molar-refractivity contribution < 1.29 is 14.1 Å². The van der Waals surface area contributed by atoms with Crippen LogP contribution in [0.15, 0.2) is 47.0 Å². The number of carbonyl (C=O) groups is 1. The molecule has 1 aliphatic rings. The number of nitrogens with one attached hydrogen (secondary N) is 1. The van der Waals surface area contributed by atoms with E-state index in [1.165, 1.54) is 5.56 Å². The lowest BCUT2D eigenvalue weighted by Gasteiger charge is -2.33. The van der Waals surface area contributed by atoms with Crippen LogP contribution in [0.2, 0.25) is 0 Å². The van der Waals surface area contributed by atoms with Crippen LogP contribution in [0.3, 0.4) is 0 Å². The predicted molar refractivity (Wildman–Crippen MR) is 151 cm³/mol. The summed E-state index contributed by atoms with van der Waals surface area (Å²) in [5.74, 6) is 0.554. The van der Waals surface area contributed by atoms with Gasteiger partial charge in [-0.1, -0.05) is 29.4 Å². The topological polar surface area (TPSA) is 91.4 Å². The molecule has 1 N–H and O–H groups in total. The number of nitrogens with zero attached hydrogens (tertiary/aromatic N) is 3. The van der Waals surface area contributed by atoms with E-state index in [0.29, 0.717) is 11.5 Å². The minimum atomic E-state index is -0.464. The number of aromatic nitrogens is 1. The van der Waals surface area contributed by atoms with E-state index in [4.69, 9.17) is 14.5 Å². The van der Waals surface area contributed by atoms with Crippen LogP contribution in [-0.4, -0.2) is 41.4 Å². The Bertz CT molecular complexity index is 1300. The van der Waals surface area contributed by atoms with Gasteiger partial charge in [-0.2, -0.15) is 5.26 Å². The lowest BCUT2D eigenvalue weighted by Crippen LogP contribution is -2.41. The summed E-state index contributed by atoms with van der Waals surface area (Å²) in [6.07, 6.45) is 8.55. The smallest absolute Gasteiger partial charge is 0.410 e. The SMILES string of the molecule is CC=Cc1c(NCCc2ccc(C#N)cc2)ccc2c(CCC3CCN(C(=O)OC(C)(C)C)CC3)noc12. The molecule has 0 atom stereocenters. The largest absolute Gasteiger partial charge is 0.444 e. The fourth-order valence-corrected chi connectivity index (χ4v) is 4.90. The molecule has 2 aromatic carbocycles. The van der Waals surface area contributed by atoms with Crippen LogP contribution in [-0.2, 0) is 17.6 Å². The van der Waals surface area contributed by atoms with Crippen molar-refractivity contribution in [3.8, 4) is 6.07 Å². The molecule has 0 unspecified atom stereocenters. The molecular formula is C31H38N4O3. The molecule has 0 bridgehead atoms. The molecule has 1 amide bonds. The molecule has 0 spiro atoms. The van der Waals surface area contributed by atoms with Crippen LogP contribution in [0.5, 0.6) is 0 Å². The number of allylic oxidation sites excluding steroid dienone is 1. The molecule has 7 heteroatoms. The minimum absolute atomic E-state index is 0.212. The zero-order valence-corrected chi connectivity index (χ0v) is 22.9. The third-order valence-corrected chi connectivity index (χ3v) is 6.96. The van der Waals surface area contributed by atoms with Crippen molar-refractivity contribution in [2.45, 2.75) is 65.4 Å². The van der Waals surface area contributed by atoms with Crippen molar-refractivity contribution in [3.63, 3.8) is 0 Å². The van der Waals surface area contributed by atoms with Crippen LogP contribution >= 0.6 is 0 Å². The number of likely N-dealkylation sites (tertiary alicyclic amines) is 1. The second-order valence-electron chi connectivity index (χ2n) is 11.0. The number of ether oxygens (including phenoxy) is 1. The molecule has 1 fully saturated rings. The highest BCUT2D eigenvalue weighted by Gasteiger charge is 2.27. The highest BCUT2D eigenvalue weighted by Crippen LogP contribution is 2.32. The zero-order chi connectivity index (χ0) is 27.1. The fraction of sp³-hybridized carbons (Fsp3) is 0.452. The standard InChI is InChI=1S/C31H38N4O3/c1-5-6-25-27(33-18-15-22-7-9-24(21-32)10-8-22)14-12-26-28(34-38-29(25)26)13-11-23-16-19-35(20-17-23)30(36)37-31(2,3)4/h5-10,12,14,23,33H,11,13,15-20H2,1-4H3. The van der Waals surface area contributed by atoms with Crippen molar-refractivity contribution in [2.75, 3.05) is 25.0 Å². The Labute approximate surface area is 225 Å². The van der Waals surface area contributed by atoms with E-state index in [2.05, 4.69) is 34.8 Å². The normalized spacial score (nSPS) is 14.7. The van der Waals surface area contributed by atoms with Gasteiger partial charge in [-0.05, 0) is 95.5 Å². The Morgan fingerprint density at radius 3 is 2.58 bits per heavy atom. The monoisotopic (exact) mass is 514 g/mol. The van der Waals surface area contributed by atoms with Crippen LogP contribution < -0.4 is 5.32 Å². The number of fused-ring (bicyclic) bond motifs is 1. The molecule has 0 radical (unpaired) electrons. The van der Waals surface area contributed by atoms with E-state index in [-0.39, 0.29) is 6.09 Å². The first-order valence-electron chi connectivity index (χ1n) is 13.5. The number of nitriles is 1. The van der Waals surface area contributed by atoms with Gasteiger partial charge in [-0.15, -0.1) is 0 Å². The molecular weight excluding hydrogens is 476 g/mol. The number of anilines is 1. The van der Waals surface area contributed by atoms with E-state index in [1.54, 1.807) is 0 Å². The number of benzene rings is 2. The average Bonchev–Trinajstić information content (AvgIpc) is 3.31. The Kier molecular flexibility index (Phi) is 8.73. The van der Waals surface area contributed by atoms with Crippen LogP contribution in [0.1, 0.15) is 69.3 Å². The number of carbonyl (C=O) groups excluding carboxylic acids is 1. The highest BCUT2D eigenvalue weighted by atomic mass is 16.6. The highest BCUT2D eigenvalue weighted by molar-refractivity contribution is 5.93. The van der Waals surface area contributed by atoms with Crippen LogP contribution in [0.25, 0.3) is 17.0 Å². The first-order chi connectivity index (χ1) is 18.3. The quantitative estimate of drug-likeness (QED) is 0.349. The van der Waals surface area contributed by atoms with Gasteiger partial charge < -0.3 is 19.5 Å². The van der Waals surface area contributed by atoms with Crippen molar-refractivity contribution in [1.82, 2.24) is 10.1 Å². The number of amides is 1. The van der Waals surface area contributed by atoms with Gasteiger partial charge in [0.25, 0.3) is 0 Å². The number of hydrogen-bond acceptors (Lipinski definition) is 6. The molecule has 1 saturated heterocycles. The molecule has 2 heterocycles. The number of aryl methyl sites for hydroxylation is 1. The fourth-order valence-electron chi connectivity index (χ4n) is 4.90. The number of piperidine rings is 1. The summed E-state index contributed by atoms with van der Waals surface area (Å²) in [7, 11) is 0. The van der Waals surface area contributed by atoms with Gasteiger partial charge in [0.1, 0.15) is 5.60 Å². The molecule has 38 heavy (non-hydrogen) atoms. The number of rotatable bonds is 8. The molecule has 200 valence electrons. The molecule has 0 aliphatic carbocycles. The van der Waals surface area contributed by atoms with Gasteiger partial charge in [0.2, 0.25) is 0 Å². The summed E-state index contributed by atoms with van der Waals surface area (Å²) < 4.78 is 11.4. The Morgan fingerprint density at radius 2 is 1.92 bits per heavy atom. The van der Waals surface area contributed by atoms with Gasteiger partial charge in [-0.25, -0.2) is 4.79 Å². The van der Waals surface area contributed by atoms with E-state index >= 15 is 0 Å². The molecule has 1 aromatic heterocycles. The maximum atomic E-state index is 12.3. The summed E-state index contributed by atoms with van der Waals surface area (Å²) >= 11 is 0. The molecule has 1 aliphatic heterocycles. The summed E-state index contributed by atoms with van der Waals surface area (Å²) in [4.78, 5) is 14.2. The van der Waals surface area contributed by atoms with Crippen molar-refractivity contribution in [3.05, 3.63) is 64.9 Å². The second-order valence-corrected chi connectivity index (χ2v) is 11.0. The summed E-state index contributed by atoms with van der Waals surface area (Å²) in [5, 5.41) is 18.0. The Balaban J connectivity index is 1.35. The van der Waals surface area contributed by atoms with Crippen LogP contribution in [0.4, 0.5) is 10.5 Å². The first kappa shape index (κ1) is 27.3. The van der Waals surface area contributed by atoms with Gasteiger partial charge in [0.15, 0.2) is 5.58 Å². The Hall–Kier alpha value is -3.79. The minimum Gasteiger partial charge on any atom is -0.444 e. The third-order valence-electron chi connectivity index (χ3n) is 6.96. The van der Waals surface area contributed by atoms with Crippen molar-refractivity contribution in [1.29, 1.82) is 5.26 Å². The summed E-state index contributed by atoms with van der Waals surface area (Å²) in [6.45, 7) is 9.95. The third kappa shape index (κ3) is 6.95. The van der Waals surface area contributed by atoms with Gasteiger partial charge >= 0.3 is 6.09 Å². The van der Waals surface area contributed by atoms with Crippen LogP contribution in [0, 0.1) is 17.2 Å². The molecule has 3 aromatic rings. The lowest BCUT2D eigenvalue weighted by atomic mass is 9.91. The summed E-state index contributed by atoms with van der Waals surface area (Å²) in [5.41, 5.74) is 5.22. The number of hydrogen-bond donors (Lipinski definition) is 1. The maximum absolute atomic E-state index is 12.3. The van der Waals surface area contributed by atoms with Gasteiger partial charge in [0, 0.05) is 36.3 Å². The van der Waals surface area contributed by atoms with E-state index < -0.39 is 5.60 Å². The predicted octanol–water partition coefficient (Wildman–Crippen LogP) is 6.97. The average molecular weight is 515 g/mol. The first-order valence-corrected chi connectivity index (χ1v) is 13.5. The summed E-state index contributed by atoms with van der Waals surface area (Å²) in [6, 6.07) is 14.1. The second kappa shape index (κ2) is 12.2. The van der Waals surface area contributed by atoms with Gasteiger partial charge in [-0.3, -0.25) is 0 Å². The van der Waals surface area contributed by atoms with Crippen molar-refractivity contribution >= 4 is 28.8 Å². The van der Waals surface area contributed by atoms with E-state index in [0.717, 1.165) is 79.7 Å². The molecule has 0 saturated carbocycles. The maximum Gasteiger partial charge on any atom is 0.410 e. The van der Waals surface area contributed by atoms with E-state index in [1.807, 2.05) is 62.9 Å². The molecule has 7 nitrogen and oxygen atoms in total. The van der Waals surface area contributed by atoms with E-state index in [9.17, 15) is 4.79 Å². The van der Waals surface area contributed by atoms with Crippen molar-refractivity contribution in [2.24, 2.45) is 5.92 Å². The lowest BCUT2D eigenvalue weighted by molar-refractivity contribution is 0.0181. The zero-order valence-electron chi connectivity index (χ0n) is 22.9. The molecule has 4 rings (SSSR count). The Morgan fingerprint density at radius 1 is 1.18 bits per heavy atom.